The fraction of sp³-hybridized carbons (Fsp3) is 0.214. The third-order valence-electron chi connectivity index (χ3n) is 3.27. The van der Waals surface area contributed by atoms with E-state index in [0.717, 1.165) is 9.04 Å². The second-order valence-electron chi connectivity index (χ2n) is 4.51. The smallest absolute Gasteiger partial charge is 0.300 e. The zero-order chi connectivity index (χ0) is 15.0. The fourth-order valence-electron chi connectivity index (χ4n) is 1.98. The van der Waals surface area contributed by atoms with Crippen molar-refractivity contribution in [1.82, 2.24) is 9.13 Å². The third kappa shape index (κ3) is 2.27. The first-order chi connectivity index (χ1) is 9.34. The first kappa shape index (κ1) is 14.5. The van der Waals surface area contributed by atoms with Crippen LogP contribution < -0.4 is 11.2 Å². The summed E-state index contributed by atoms with van der Waals surface area (Å²) < 4.78 is 2.99. The van der Waals surface area contributed by atoms with Gasteiger partial charge in [-0.15, -0.1) is 0 Å². The Labute approximate surface area is 123 Å². The van der Waals surface area contributed by atoms with Gasteiger partial charge in [0, 0.05) is 29.8 Å². The van der Waals surface area contributed by atoms with Crippen molar-refractivity contribution in [2.45, 2.75) is 6.92 Å². The highest BCUT2D eigenvalue weighted by molar-refractivity contribution is 9.10. The topological polar surface area (TPSA) is 61.1 Å². The van der Waals surface area contributed by atoms with Gasteiger partial charge in [-0.25, -0.2) is 4.79 Å². The molecule has 0 atom stereocenters. The van der Waals surface area contributed by atoms with E-state index in [1.165, 1.54) is 18.7 Å². The molecule has 0 fully saturated rings. The average molecular weight is 337 g/mol. The zero-order valence-corrected chi connectivity index (χ0v) is 12.9. The van der Waals surface area contributed by atoms with Gasteiger partial charge in [0.25, 0.3) is 5.56 Å². The minimum Gasteiger partial charge on any atom is -0.300 e. The molecule has 0 bridgehead atoms. The Bertz CT molecular complexity index is 818. The Kier molecular flexibility index (Phi) is 3.76. The first-order valence-electron chi connectivity index (χ1n) is 5.91. The average Bonchev–Trinajstić information content (AvgIpc) is 2.43. The van der Waals surface area contributed by atoms with Crippen LogP contribution in [0.5, 0.6) is 0 Å². The molecule has 0 aliphatic rings. The Hall–Kier alpha value is -1.95. The van der Waals surface area contributed by atoms with E-state index in [4.69, 9.17) is 0 Å². The molecule has 0 saturated carbocycles. The molecule has 0 spiro atoms. The van der Waals surface area contributed by atoms with Crippen LogP contribution in [0.25, 0.3) is 0 Å². The van der Waals surface area contributed by atoms with E-state index < -0.39 is 11.2 Å². The summed E-state index contributed by atoms with van der Waals surface area (Å²) in [4.78, 5) is 36.5. The third-order valence-corrected chi connectivity index (χ3v) is 3.76. The summed E-state index contributed by atoms with van der Waals surface area (Å²) in [5.74, 6) is -0.389. The van der Waals surface area contributed by atoms with E-state index in [1.54, 1.807) is 31.2 Å². The molecule has 0 aliphatic heterocycles. The SMILES string of the molecule is Cc1c(C(=O)c2cccc(Br)c2)c(=O)n(C)c(=O)n1C. The van der Waals surface area contributed by atoms with E-state index in [0.29, 0.717) is 11.3 Å². The number of aromatic nitrogens is 2. The maximum atomic E-state index is 12.5. The maximum Gasteiger partial charge on any atom is 0.330 e. The van der Waals surface area contributed by atoms with Crippen molar-refractivity contribution in [3.05, 3.63) is 66.4 Å². The van der Waals surface area contributed by atoms with Crippen molar-refractivity contribution in [2.24, 2.45) is 14.1 Å². The van der Waals surface area contributed by atoms with Crippen LogP contribution in [-0.4, -0.2) is 14.9 Å². The number of hydrogen-bond donors (Lipinski definition) is 0. The molecule has 0 radical (unpaired) electrons. The number of hydrogen-bond acceptors (Lipinski definition) is 3. The molecule has 0 N–H and O–H groups in total. The van der Waals surface area contributed by atoms with Crippen LogP contribution in [0.2, 0.25) is 0 Å². The van der Waals surface area contributed by atoms with Crippen molar-refractivity contribution < 1.29 is 4.79 Å². The number of rotatable bonds is 2. The number of carbonyl (C=O) groups excluding carboxylic acids is 1. The van der Waals surface area contributed by atoms with Crippen molar-refractivity contribution in [2.75, 3.05) is 0 Å². The largest absolute Gasteiger partial charge is 0.330 e. The molecular formula is C14H13BrN2O3. The number of nitrogens with zero attached hydrogens (tertiary/aromatic N) is 2. The van der Waals surface area contributed by atoms with Gasteiger partial charge in [-0.2, -0.15) is 0 Å². The predicted octanol–water partition coefficient (Wildman–Crippen LogP) is 1.39. The van der Waals surface area contributed by atoms with Gasteiger partial charge in [0.2, 0.25) is 0 Å². The van der Waals surface area contributed by atoms with E-state index in [9.17, 15) is 14.4 Å². The summed E-state index contributed by atoms with van der Waals surface area (Å²) in [6, 6.07) is 6.80. The quantitative estimate of drug-likeness (QED) is 0.778. The lowest BCUT2D eigenvalue weighted by Gasteiger charge is -2.11. The summed E-state index contributed by atoms with van der Waals surface area (Å²) in [5, 5.41) is 0. The summed E-state index contributed by atoms with van der Waals surface area (Å²) in [5.41, 5.74) is -0.233. The molecule has 5 nitrogen and oxygen atoms in total. The lowest BCUT2D eigenvalue weighted by Crippen LogP contribution is -2.41. The number of benzene rings is 1. The van der Waals surface area contributed by atoms with Crippen molar-refractivity contribution in [3.8, 4) is 0 Å². The molecule has 2 rings (SSSR count). The summed E-state index contributed by atoms with van der Waals surface area (Å²) in [7, 11) is 2.90. The molecule has 1 aromatic heterocycles. The Morgan fingerprint density at radius 1 is 1.15 bits per heavy atom. The molecule has 1 heterocycles. The Morgan fingerprint density at radius 3 is 2.40 bits per heavy atom. The summed E-state index contributed by atoms with van der Waals surface area (Å²) in [6.07, 6.45) is 0. The highest BCUT2D eigenvalue weighted by Gasteiger charge is 2.20. The molecule has 0 unspecified atom stereocenters. The predicted molar refractivity (Wildman–Crippen MR) is 79.2 cm³/mol. The number of ketones is 1. The highest BCUT2D eigenvalue weighted by Crippen LogP contribution is 2.15. The highest BCUT2D eigenvalue weighted by atomic mass is 79.9. The molecule has 20 heavy (non-hydrogen) atoms. The van der Waals surface area contributed by atoms with E-state index >= 15 is 0 Å². The Morgan fingerprint density at radius 2 is 1.80 bits per heavy atom. The van der Waals surface area contributed by atoms with Gasteiger partial charge in [-0.05, 0) is 19.1 Å². The van der Waals surface area contributed by atoms with Crippen molar-refractivity contribution >= 4 is 21.7 Å². The van der Waals surface area contributed by atoms with Gasteiger partial charge >= 0.3 is 5.69 Å². The lowest BCUT2D eigenvalue weighted by atomic mass is 10.0. The monoisotopic (exact) mass is 336 g/mol. The number of halogens is 1. The second-order valence-corrected chi connectivity index (χ2v) is 5.42. The molecule has 0 amide bonds. The van der Waals surface area contributed by atoms with Gasteiger partial charge in [-0.3, -0.25) is 14.2 Å². The van der Waals surface area contributed by atoms with E-state index in [2.05, 4.69) is 15.9 Å². The van der Waals surface area contributed by atoms with Crippen molar-refractivity contribution in [3.63, 3.8) is 0 Å². The van der Waals surface area contributed by atoms with Gasteiger partial charge in [0.05, 0.1) is 0 Å². The summed E-state index contributed by atoms with van der Waals surface area (Å²) >= 11 is 3.29. The molecule has 104 valence electrons. The van der Waals surface area contributed by atoms with E-state index in [-0.39, 0.29) is 11.3 Å². The van der Waals surface area contributed by atoms with Crippen LogP contribution >= 0.6 is 15.9 Å². The summed E-state index contributed by atoms with van der Waals surface area (Å²) in [6.45, 7) is 1.59. The minimum atomic E-state index is -0.574. The van der Waals surface area contributed by atoms with Crippen LogP contribution in [0, 0.1) is 6.92 Å². The molecule has 1 aromatic carbocycles. The first-order valence-corrected chi connectivity index (χ1v) is 6.70. The van der Waals surface area contributed by atoms with Gasteiger partial charge in [-0.1, -0.05) is 28.1 Å². The van der Waals surface area contributed by atoms with Gasteiger partial charge in [0.15, 0.2) is 5.78 Å². The van der Waals surface area contributed by atoms with Crippen LogP contribution in [0.3, 0.4) is 0 Å². The molecule has 6 heteroatoms. The van der Waals surface area contributed by atoms with Gasteiger partial charge < -0.3 is 4.57 Å². The maximum absolute atomic E-state index is 12.5. The molecule has 0 aliphatic carbocycles. The van der Waals surface area contributed by atoms with Crippen molar-refractivity contribution in [1.29, 1.82) is 0 Å². The van der Waals surface area contributed by atoms with Crippen LogP contribution in [0.15, 0.2) is 38.3 Å². The molecular weight excluding hydrogens is 324 g/mol. The van der Waals surface area contributed by atoms with Crippen LogP contribution in [-0.2, 0) is 14.1 Å². The van der Waals surface area contributed by atoms with Crippen LogP contribution in [0.1, 0.15) is 21.6 Å². The normalized spacial score (nSPS) is 10.6. The zero-order valence-electron chi connectivity index (χ0n) is 11.3. The lowest BCUT2D eigenvalue weighted by molar-refractivity contribution is 0.103. The van der Waals surface area contributed by atoms with Gasteiger partial charge in [0.1, 0.15) is 5.56 Å². The molecule has 0 saturated heterocycles. The fourth-order valence-corrected chi connectivity index (χ4v) is 2.38. The Balaban J connectivity index is 2.74. The molecule has 2 aromatic rings. The standard InChI is InChI=1S/C14H13BrN2O3/c1-8-11(13(19)17(3)14(20)16(8)2)12(18)9-5-4-6-10(15)7-9/h4-7H,1-3H3. The minimum absolute atomic E-state index is 0.0210. The number of carbonyl (C=O) groups is 1. The van der Waals surface area contributed by atoms with Crippen LogP contribution in [0.4, 0.5) is 0 Å². The second kappa shape index (κ2) is 5.20. The van der Waals surface area contributed by atoms with E-state index in [1.807, 2.05) is 0 Å².